The molecular formula is C24H27FN2O6. The molecule has 1 aliphatic heterocycles. The fourth-order valence-corrected chi connectivity index (χ4v) is 4.01. The number of nitrogens with zero attached hydrogens (tertiary/aromatic N) is 1. The van der Waals surface area contributed by atoms with Crippen LogP contribution in [0.4, 0.5) is 4.39 Å². The Morgan fingerprint density at radius 1 is 1.00 bits per heavy atom. The van der Waals surface area contributed by atoms with Crippen LogP contribution in [0.2, 0.25) is 0 Å². The smallest absolute Gasteiger partial charge is 0.340 e. The van der Waals surface area contributed by atoms with E-state index in [1.807, 2.05) is 0 Å². The van der Waals surface area contributed by atoms with Gasteiger partial charge in [-0.05, 0) is 57.9 Å². The SMILES string of the molecule is CCOC(=O)c1c(C)[nH]c(C)c1C(=O)COC(=O)C1CCN(C(=O)c2ccc(F)cc2)CC1. The van der Waals surface area contributed by atoms with Crippen LogP contribution in [0.5, 0.6) is 0 Å². The summed E-state index contributed by atoms with van der Waals surface area (Å²) in [5.74, 6) is -2.68. The molecule has 0 atom stereocenters. The first kappa shape index (κ1) is 24.2. The molecule has 176 valence electrons. The Kier molecular flexibility index (Phi) is 7.63. The molecule has 1 aromatic carbocycles. The van der Waals surface area contributed by atoms with Gasteiger partial charge in [0.05, 0.1) is 23.7 Å². The van der Waals surface area contributed by atoms with Crippen LogP contribution in [-0.4, -0.2) is 59.8 Å². The zero-order chi connectivity index (χ0) is 24.1. The van der Waals surface area contributed by atoms with Crippen LogP contribution >= 0.6 is 0 Å². The zero-order valence-electron chi connectivity index (χ0n) is 18.9. The van der Waals surface area contributed by atoms with E-state index < -0.39 is 36.1 Å². The summed E-state index contributed by atoms with van der Waals surface area (Å²) in [4.78, 5) is 54.6. The summed E-state index contributed by atoms with van der Waals surface area (Å²) >= 11 is 0. The van der Waals surface area contributed by atoms with Gasteiger partial charge in [0.1, 0.15) is 5.82 Å². The number of carbonyl (C=O) groups is 4. The van der Waals surface area contributed by atoms with E-state index >= 15 is 0 Å². The Morgan fingerprint density at radius 3 is 2.21 bits per heavy atom. The highest BCUT2D eigenvalue weighted by Crippen LogP contribution is 2.23. The lowest BCUT2D eigenvalue weighted by atomic mass is 9.96. The van der Waals surface area contributed by atoms with E-state index in [-0.39, 0.29) is 23.6 Å². The van der Waals surface area contributed by atoms with Gasteiger partial charge in [-0.3, -0.25) is 14.4 Å². The molecule has 2 aromatic rings. The van der Waals surface area contributed by atoms with Gasteiger partial charge >= 0.3 is 11.9 Å². The molecule has 9 heteroatoms. The number of aryl methyl sites for hydroxylation is 2. The largest absolute Gasteiger partial charge is 0.462 e. The third-order valence-electron chi connectivity index (χ3n) is 5.69. The van der Waals surface area contributed by atoms with Gasteiger partial charge in [0.25, 0.3) is 5.91 Å². The number of hydrogen-bond acceptors (Lipinski definition) is 6. The van der Waals surface area contributed by atoms with Crippen LogP contribution in [0, 0.1) is 25.6 Å². The van der Waals surface area contributed by atoms with Crippen LogP contribution in [-0.2, 0) is 14.3 Å². The van der Waals surface area contributed by atoms with Gasteiger partial charge in [-0.2, -0.15) is 0 Å². The summed E-state index contributed by atoms with van der Waals surface area (Å²) in [5.41, 5.74) is 1.72. The number of esters is 2. The van der Waals surface area contributed by atoms with Crippen molar-refractivity contribution in [1.29, 1.82) is 0 Å². The Labute approximate surface area is 191 Å². The lowest BCUT2D eigenvalue weighted by Gasteiger charge is -2.31. The van der Waals surface area contributed by atoms with Crippen molar-refractivity contribution >= 4 is 23.6 Å². The van der Waals surface area contributed by atoms with E-state index in [1.54, 1.807) is 25.7 Å². The molecule has 33 heavy (non-hydrogen) atoms. The quantitative estimate of drug-likeness (QED) is 0.505. The van der Waals surface area contributed by atoms with Crippen molar-refractivity contribution in [2.75, 3.05) is 26.3 Å². The van der Waals surface area contributed by atoms with E-state index in [2.05, 4.69) is 4.98 Å². The first-order valence-electron chi connectivity index (χ1n) is 10.8. The maximum Gasteiger partial charge on any atom is 0.340 e. The standard InChI is InChI=1S/C24H27FN2O6/c1-4-32-24(31)21-15(3)26-14(2)20(21)19(28)13-33-23(30)17-9-11-27(12-10-17)22(29)16-5-7-18(25)8-6-16/h5-8,17,26H,4,9-13H2,1-3H3. The Balaban J connectivity index is 1.55. The van der Waals surface area contributed by atoms with Crippen molar-refractivity contribution in [2.45, 2.75) is 33.6 Å². The molecule has 8 nitrogen and oxygen atoms in total. The van der Waals surface area contributed by atoms with Crippen molar-refractivity contribution in [1.82, 2.24) is 9.88 Å². The van der Waals surface area contributed by atoms with Gasteiger partial charge in [0.2, 0.25) is 5.78 Å². The minimum absolute atomic E-state index is 0.156. The molecule has 1 saturated heterocycles. The molecule has 0 spiro atoms. The summed E-state index contributed by atoms with van der Waals surface area (Å²) in [6.07, 6.45) is 0.798. The number of rotatable bonds is 7. The molecule has 1 aromatic heterocycles. The Bertz CT molecular complexity index is 1050. The molecule has 0 aliphatic carbocycles. The molecule has 1 N–H and O–H groups in total. The monoisotopic (exact) mass is 458 g/mol. The van der Waals surface area contributed by atoms with E-state index in [0.717, 1.165) is 0 Å². The molecule has 0 saturated carbocycles. The summed E-state index contributed by atoms with van der Waals surface area (Å²) in [6, 6.07) is 5.32. The predicted octanol–water partition coefficient (Wildman–Crippen LogP) is 3.23. The number of aromatic nitrogens is 1. The molecule has 0 unspecified atom stereocenters. The number of hydrogen-bond donors (Lipinski definition) is 1. The number of ether oxygens (including phenoxy) is 2. The molecule has 1 fully saturated rings. The van der Waals surface area contributed by atoms with Gasteiger partial charge in [-0.25, -0.2) is 9.18 Å². The van der Waals surface area contributed by atoms with Crippen LogP contribution in [0.3, 0.4) is 0 Å². The topological polar surface area (TPSA) is 106 Å². The number of halogens is 1. The van der Waals surface area contributed by atoms with Crippen molar-refractivity contribution in [3.8, 4) is 0 Å². The molecule has 0 radical (unpaired) electrons. The molecule has 2 heterocycles. The highest BCUT2D eigenvalue weighted by molar-refractivity contribution is 6.09. The van der Waals surface area contributed by atoms with E-state index in [4.69, 9.17) is 9.47 Å². The van der Waals surface area contributed by atoms with Crippen LogP contribution in [0.1, 0.15) is 62.2 Å². The minimum Gasteiger partial charge on any atom is -0.462 e. The number of likely N-dealkylation sites (tertiary alicyclic amines) is 1. The number of benzene rings is 1. The fraction of sp³-hybridized carbons (Fsp3) is 0.417. The highest BCUT2D eigenvalue weighted by Gasteiger charge is 2.30. The van der Waals surface area contributed by atoms with Gasteiger partial charge in [-0.1, -0.05) is 0 Å². The molecule has 1 aliphatic rings. The second-order valence-electron chi connectivity index (χ2n) is 7.95. The Hall–Kier alpha value is -3.49. The molecular weight excluding hydrogens is 431 g/mol. The summed E-state index contributed by atoms with van der Waals surface area (Å²) in [7, 11) is 0. The predicted molar refractivity (Wildman–Crippen MR) is 117 cm³/mol. The van der Waals surface area contributed by atoms with Crippen molar-refractivity contribution in [3.63, 3.8) is 0 Å². The normalized spacial score (nSPS) is 14.1. The summed E-state index contributed by atoms with van der Waals surface area (Å²) in [5, 5.41) is 0. The average molecular weight is 458 g/mol. The van der Waals surface area contributed by atoms with Gasteiger partial charge in [0.15, 0.2) is 6.61 Å². The lowest BCUT2D eigenvalue weighted by Crippen LogP contribution is -2.40. The van der Waals surface area contributed by atoms with E-state index in [9.17, 15) is 23.6 Å². The van der Waals surface area contributed by atoms with Crippen LogP contribution in [0.15, 0.2) is 24.3 Å². The second-order valence-corrected chi connectivity index (χ2v) is 7.95. The highest BCUT2D eigenvalue weighted by atomic mass is 19.1. The first-order chi connectivity index (χ1) is 15.7. The third-order valence-corrected chi connectivity index (χ3v) is 5.69. The fourth-order valence-electron chi connectivity index (χ4n) is 4.01. The number of amides is 1. The van der Waals surface area contributed by atoms with Gasteiger partial charge in [-0.15, -0.1) is 0 Å². The average Bonchev–Trinajstić information content (AvgIpc) is 3.11. The van der Waals surface area contributed by atoms with Crippen molar-refractivity contribution in [2.24, 2.45) is 5.92 Å². The zero-order valence-corrected chi connectivity index (χ0v) is 18.9. The maximum atomic E-state index is 13.1. The van der Waals surface area contributed by atoms with E-state index in [1.165, 1.54) is 24.3 Å². The lowest BCUT2D eigenvalue weighted by molar-refractivity contribution is -0.148. The van der Waals surface area contributed by atoms with Crippen LogP contribution in [0.25, 0.3) is 0 Å². The number of piperidine rings is 1. The second kappa shape index (κ2) is 10.4. The maximum absolute atomic E-state index is 13.1. The number of ketones is 1. The number of nitrogens with one attached hydrogen (secondary N) is 1. The van der Waals surface area contributed by atoms with Gasteiger partial charge < -0.3 is 19.4 Å². The molecule has 1 amide bonds. The first-order valence-corrected chi connectivity index (χ1v) is 10.8. The third kappa shape index (κ3) is 5.47. The summed E-state index contributed by atoms with van der Waals surface area (Å²) in [6.45, 7) is 5.40. The summed E-state index contributed by atoms with van der Waals surface area (Å²) < 4.78 is 23.3. The Morgan fingerprint density at radius 2 is 1.61 bits per heavy atom. The van der Waals surface area contributed by atoms with Crippen molar-refractivity contribution < 1.29 is 33.0 Å². The number of carbonyl (C=O) groups excluding carboxylic acids is 4. The minimum atomic E-state index is -0.604. The number of H-pyrrole nitrogens is 1. The van der Waals surface area contributed by atoms with Gasteiger partial charge in [0, 0.05) is 30.0 Å². The van der Waals surface area contributed by atoms with Crippen molar-refractivity contribution in [3.05, 3.63) is 58.2 Å². The molecule has 0 bridgehead atoms. The number of aromatic amines is 1. The van der Waals surface area contributed by atoms with E-state index in [0.29, 0.717) is 42.9 Å². The van der Waals surface area contributed by atoms with Crippen LogP contribution < -0.4 is 0 Å². The number of Topliss-reactive ketones (excluding diaryl/α,β-unsaturated/α-hetero) is 1. The molecule has 3 rings (SSSR count).